The summed E-state index contributed by atoms with van der Waals surface area (Å²) < 4.78 is 0. The van der Waals surface area contributed by atoms with Crippen molar-refractivity contribution < 1.29 is 0 Å². The van der Waals surface area contributed by atoms with Gasteiger partial charge in [0.05, 0.1) is 0 Å². The second-order valence-electron chi connectivity index (χ2n) is 8.96. The molecular weight excluding hydrogens is 383 g/mol. The van der Waals surface area contributed by atoms with Crippen molar-refractivity contribution in [2.24, 2.45) is 0 Å². The molecule has 4 rings (SSSR count). The van der Waals surface area contributed by atoms with Gasteiger partial charge in [0.1, 0.15) is 0 Å². The van der Waals surface area contributed by atoms with Crippen molar-refractivity contribution in [2.75, 3.05) is 31.4 Å². The van der Waals surface area contributed by atoms with Gasteiger partial charge in [-0.1, -0.05) is 55.7 Å². The highest BCUT2D eigenvalue weighted by molar-refractivity contribution is 7.70. The van der Waals surface area contributed by atoms with Crippen LogP contribution in [0.25, 0.3) is 11.1 Å². The molecule has 0 radical (unpaired) electrons. The lowest BCUT2D eigenvalue weighted by molar-refractivity contribution is 0.512. The zero-order chi connectivity index (χ0) is 20.9. The molecule has 3 heteroatoms. The molecule has 2 aromatic rings. The van der Waals surface area contributed by atoms with E-state index >= 15 is 0 Å². The summed E-state index contributed by atoms with van der Waals surface area (Å²) in [6, 6.07) is 16.0. The van der Waals surface area contributed by atoms with Gasteiger partial charge in [-0.2, -0.15) is 0 Å². The molecule has 2 aliphatic carbocycles. The highest BCUT2D eigenvalue weighted by Gasteiger charge is 2.30. The monoisotopic (exact) mass is 420 g/mol. The lowest BCUT2D eigenvalue weighted by Gasteiger charge is -2.36. The highest BCUT2D eigenvalue weighted by Crippen LogP contribution is 2.57. The first-order valence-corrected chi connectivity index (χ1v) is 13.2. The van der Waals surface area contributed by atoms with E-state index in [-0.39, 0.29) is 7.92 Å². The standard InChI is InChI=1S/C27H37N2P/c1-28-24-18-12-19-25(29(2)3)27(24)23-17-10-11-20-26(23)30(21-13-6-4-7-14-21)22-15-8-5-9-16-22/h10-13,17-20,22,28H,4-9,14-16H2,1-3H3. The van der Waals surface area contributed by atoms with Crippen molar-refractivity contribution in [1.29, 1.82) is 0 Å². The summed E-state index contributed by atoms with van der Waals surface area (Å²) in [5.74, 6) is 0. The minimum atomic E-state index is -0.271. The minimum absolute atomic E-state index is 0.271. The topological polar surface area (TPSA) is 15.3 Å². The molecule has 0 spiro atoms. The summed E-state index contributed by atoms with van der Waals surface area (Å²) in [5.41, 5.74) is 6.17. The second-order valence-corrected chi connectivity index (χ2v) is 11.5. The summed E-state index contributed by atoms with van der Waals surface area (Å²) >= 11 is 0. The number of hydrogen-bond donors (Lipinski definition) is 1. The fourth-order valence-corrected chi connectivity index (χ4v) is 8.74. The van der Waals surface area contributed by atoms with Crippen LogP contribution in [0.15, 0.2) is 53.9 Å². The maximum Gasteiger partial charge on any atom is 0.0461 e. The molecule has 0 heterocycles. The van der Waals surface area contributed by atoms with Gasteiger partial charge in [-0.25, -0.2) is 0 Å². The normalized spacial score (nSPS) is 18.6. The summed E-state index contributed by atoms with van der Waals surface area (Å²) in [5, 5.41) is 6.87. The summed E-state index contributed by atoms with van der Waals surface area (Å²) in [4.78, 5) is 2.26. The molecule has 0 aliphatic heterocycles. The van der Waals surface area contributed by atoms with Crippen molar-refractivity contribution in [1.82, 2.24) is 0 Å². The first kappa shape index (κ1) is 21.4. The Labute approximate surface area is 184 Å². The van der Waals surface area contributed by atoms with Crippen LogP contribution in [0.5, 0.6) is 0 Å². The van der Waals surface area contributed by atoms with Crippen LogP contribution >= 0.6 is 7.92 Å². The quantitative estimate of drug-likeness (QED) is 0.491. The second kappa shape index (κ2) is 10.0. The first-order valence-electron chi connectivity index (χ1n) is 11.8. The summed E-state index contributed by atoms with van der Waals surface area (Å²) in [6.07, 6.45) is 15.0. The Bertz CT molecular complexity index is 880. The van der Waals surface area contributed by atoms with Crippen molar-refractivity contribution in [2.45, 2.75) is 63.4 Å². The van der Waals surface area contributed by atoms with Crippen LogP contribution in [0.3, 0.4) is 0 Å². The van der Waals surface area contributed by atoms with Gasteiger partial charge in [0.15, 0.2) is 0 Å². The van der Waals surface area contributed by atoms with E-state index in [4.69, 9.17) is 0 Å². The van der Waals surface area contributed by atoms with Crippen molar-refractivity contribution in [3.63, 3.8) is 0 Å². The third-order valence-corrected chi connectivity index (χ3v) is 9.92. The van der Waals surface area contributed by atoms with E-state index in [0.29, 0.717) is 0 Å². The lowest BCUT2D eigenvalue weighted by Crippen LogP contribution is -2.21. The smallest absolute Gasteiger partial charge is 0.0461 e. The fraction of sp³-hybridized carbons (Fsp3) is 0.481. The Hall–Kier alpha value is -1.79. The average molecular weight is 421 g/mol. The number of nitrogens with one attached hydrogen (secondary N) is 1. The Morgan fingerprint density at radius 2 is 1.70 bits per heavy atom. The van der Waals surface area contributed by atoms with Crippen LogP contribution in [0.1, 0.15) is 57.8 Å². The van der Waals surface area contributed by atoms with E-state index in [1.165, 1.54) is 80.3 Å². The maximum absolute atomic E-state index is 3.48. The molecule has 1 N–H and O–H groups in total. The van der Waals surface area contributed by atoms with Crippen LogP contribution in [0, 0.1) is 0 Å². The van der Waals surface area contributed by atoms with Gasteiger partial charge in [0.25, 0.3) is 0 Å². The molecule has 0 aromatic heterocycles. The van der Waals surface area contributed by atoms with Crippen molar-refractivity contribution in [3.8, 4) is 11.1 Å². The van der Waals surface area contributed by atoms with Gasteiger partial charge in [-0.3, -0.25) is 0 Å². The van der Waals surface area contributed by atoms with E-state index in [1.807, 2.05) is 0 Å². The number of benzene rings is 2. The number of anilines is 2. The molecule has 0 amide bonds. The van der Waals surface area contributed by atoms with E-state index in [2.05, 4.69) is 79.9 Å². The Balaban J connectivity index is 1.88. The van der Waals surface area contributed by atoms with Gasteiger partial charge in [-0.05, 0) is 80.4 Å². The van der Waals surface area contributed by atoms with Gasteiger partial charge >= 0.3 is 0 Å². The zero-order valence-corrected chi connectivity index (χ0v) is 19.8. The third kappa shape index (κ3) is 4.45. The summed E-state index contributed by atoms with van der Waals surface area (Å²) in [7, 11) is 6.10. The van der Waals surface area contributed by atoms with Crippen LogP contribution in [0.2, 0.25) is 0 Å². The lowest BCUT2D eigenvalue weighted by atomic mass is 10.00. The molecule has 160 valence electrons. The first-order chi connectivity index (χ1) is 14.7. The van der Waals surface area contributed by atoms with E-state index in [9.17, 15) is 0 Å². The SMILES string of the molecule is CNc1cccc(N(C)C)c1-c1ccccc1P(C1=CCCCC1)C1CCCCC1. The van der Waals surface area contributed by atoms with Gasteiger partial charge < -0.3 is 10.2 Å². The average Bonchev–Trinajstić information content (AvgIpc) is 2.80. The minimum Gasteiger partial charge on any atom is -0.388 e. The molecule has 2 nitrogen and oxygen atoms in total. The molecule has 2 aliphatic rings. The Kier molecular flexibility index (Phi) is 7.16. The van der Waals surface area contributed by atoms with E-state index < -0.39 is 0 Å². The molecule has 1 fully saturated rings. The number of hydrogen-bond acceptors (Lipinski definition) is 2. The van der Waals surface area contributed by atoms with Gasteiger partial charge in [0, 0.05) is 38.1 Å². The molecule has 0 saturated heterocycles. The van der Waals surface area contributed by atoms with Crippen molar-refractivity contribution in [3.05, 3.63) is 53.9 Å². The largest absolute Gasteiger partial charge is 0.388 e. The van der Waals surface area contributed by atoms with Crippen LogP contribution in [0.4, 0.5) is 11.4 Å². The van der Waals surface area contributed by atoms with Crippen LogP contribution in [-0.2, 0) is 0 Å². The predicted octanol–water partition coefficient (Wildman–Crippen LogP) is 7.36. The zero-order valence-electron chi connectivity index (χ0n) is 19.0. The Morgan fingerprint density at radius 1 is 0.900 bits per heavy atom. The number of rotatable bonds is 6. The molecule has 0 bridgehead atoms. The van der Waals surface area contributed by atoms with Crippen LogP contribution < -0.4 is 15.5 Å². The molecule has 2 aromatic carbocycles. The molecular formula is C27H37N2P. The Morgan fingerprint density at radius 3 is 2.40 bits per heavy atom. The van der Waals surface area contributed by atoms with Crippen molar-refractivity contribution >= 4 is 24.6 Å². The fourth-order valence-electron chi connectivity index (χ4n) is 5.26. The molecule has 1 unspecified atom stereocenters. The number of nitrogens with zero attached hydrogens (tertiary/aromatic N) is 1. The van der Waals surface area contributed by atoms with Crippen LogP contribution in [-0.4, -0.2) is 26.8 Å². The molecule has 1 saturated carbocycles. The summed E-state index contributed by atoms with van der Waals surface area (Å²) in [6.45, 7) is 0. The van der Waals surface area contributed by atoms with Gasteiger partial charge in [-0.15, -0.1) is 0 Å². The number of allylic oxidation sites excluding steroid dienone is 2. The van der Waals surface area contributed by atoms with E-state index in [1.54, 1.807) is 10.6 Å². The third-order valence-electron chi connectivity index (χ3n) is 6.74. The van der Waals surface area contributed by atoms with Gasteiger partial charge in [0.2, 0.25) is 0 Å². The maximum atomic E-state index is 3.48. The molecule has 1 atom stereocenters. The predicted molar refractivity (Wildman–Crippen MR) is 136 cm³/mol. The molecule has 30 heavy (non-hydrogen) atoms. The van der Waals surface area contributed by atoms with E-state index in [0.717, 1.165) is 5.66 Å². The highest BCUT2D eigenvalue weighted by atomic mass is 31.1.